The highest BCUT2D eigenvalue weighted by Crippen LogP contribution is 2.15. The molecule has 1 aromatic heterocycles. The Labute approximate surface area is 106 Å². The predicted octanol–water partition coefficient (Wildman–Crippen LogP) is 2.82. The first-order chi connectivity index (χ1) is 8.13. The Morgan fingerprint density at radius 1 is 1.47 bits per heavy atom. The monoisotopic (exact) mass is 256 g/mol. The van der Waals surface area contributed by atoms with E-state index in [9.17, 15) is 4.79 Å². The highest BCUT2D eigenvalue weighted by atomic mass is 35.5. The third-order valence-electron chi connectivity index (χ3n) is 2.41. The van der Waals surface area contributed by atoms with Gasteiger partial charge in [-0.3, -0.25) is 4.79 Å². The summed E-state index contributed by atoms with van der Waals surface area (Å²) in [6.45, 7) is 3.40. The van der Waals surface area contributed by atoms with Crippen LogP contribution in [0, 0.1) is 0 Å². The van der Waals surface area contributed by atoms with Crippen LogP contribution in [0.2, 0.25) is 5.02 Å². The Balaban J connectivity index is 2.67. The molecule has 4 nitrogen and oxygen atoms in total. The number of aliphatic carboxylic acids is 1. The Kier molecular flexibility index (Phi) is 5.77. The van der Waals surface area contributed by atoms with Crippen LogP contribution in [0.1, 0.15) is 26.2 Å². The molecule has 94 valence electrons. The van der Waals surface area contributed by atoms with Gasteiger partial charge >= 0.3 is 5.97 Å². The van der Waals surface area contributed by atoms with Crippen molar-refractivity contribution in [3.63, 3.8) is 0 Å². The molecule has 0 unspecified atom stereocenters. The molecule has 0 bridgehead atoms. The van der Waals surface area contributed by atoms with E-state index in [-0.39, 0.29) is 6.42 Å². The number of nitrogens with zero attached hydrogens (tertiary/aromatic N) is 2. The predicted molar refractivity (Wildman–Crippen MR) is 68.6 cm³/mol. The lowest BCUT2D eigenvalue weighted by Gasteiger charge is -2.22. The Morgan fingerprint density at radius 3 is 2.76 bits per heavy atom. The van der Waals surface area contributed by atoms with Crippen LogP contribution in [-0.2, 0) is 4.79 Å². The van der Waals surface area contributed by atoms with Crippen molar-refractivity contribution in [2.45, 2.75) is 26.2 Å². The van der Waals surface area contributed by atoms with Gasteiger partial charge in [0.25, 0.3) is 0 Å². The minimum Gasteiger partial charge on any atom is -0.481 e. The van der Waals surface area contributed by atoms with Gasteiger partial charge in [0.05, 0.1) is 11.4 Å². The van der Waals surface area contributed by atoms with E-state index in [1.54, 1.807) is 12.3 Å². The number of anilines is 1. The van der Waals surface area contributed by atoms with E-state index in [4.69, 9.17) is 16.7 Å². The van der Waals surface area contributed by atoms with E-state index in [0.717, 1.165) is 25.2 Å². The number of rotatable bonds is 7. The number of hydrogen-bond acceptors (Lipinski definition) is 3. The molecule has 1 heterocycles. The Bertz CT molecular complexity index is 354. The molecule has 0 aliphatic rings. The fourth-order valence-corrected chi connectivity index (χ4v) is 1.59. The standard InChI is InChI=1S/C12H17ClN2O2/c1-2-3-7-15(8-6-12(16)17)11-5-4-10(13)9-14-11/h4-5,9H,2-3,6-8H2,1H3,(H,16,17). The molecule has 0 aliphatic carbocycles. The average molecular weight is 257 g/mol. The first kappa shape index (κ1) is 13.8. The smallest absolute Gasteiger partial charge is 0.305 e. The molecule has 0 radical (unpaired) electrons. The summed E-state index contributed by atoms with van der Waals surface area (Å²) >= 11 is 5.77. The first-order valence-corrected chi connectivity index (χ1v) is 6.09. The van der Waals surface area contributed by atoms with Crippen molar-refractivity contribution in [1.82, 2.24) is 4.98 Å². The molecule has 0 fully saturated rings. The molecule has 17 heavy (non-hydrogen) atoms. The topological polar surface area (TPSA) is 53.4 Å². The molecule has 1 aromatic rings. The van der Waals surface area contributed by atoms with Crippen LogP contribution in [-0.4, -0.2) is 29.1 Å². The second kappa shape index (κ2) is 7.12. The van der Waals surface area contributed by atoms with Gasteiger partial charge in [0.15, 0.2) is 0 Å². The number of carbonyl (C=O) groups is 1. The molecular formula is C12H17ClN2O2. The maximum absolute atomic E-state index is 10.6. The van der Waals surface area contributed by atoms with Crippen molar-refractivity contribution < 1.29 is 9.90 Å². The van der Waals surface area contributed by atoms with Crippen LogP contribution >= 0.6 is 11.6 Å². The van der Waals surface area contributed by atoms with Crippen LogP contribution in [0.15, 0.2) is 18.3 Å². The highest BCUT2D eigenvalue weighted by molar-refractivity contribution is 6.30. The quantitative estimate of drug-likeness (QED) is 0.815. The van der Waals surface area contributed by atoms with Crippen LogP contribution in [0.3, 0.4) is 0 Å². The summed E-state index contributed by atoms with van der Waals surface area (Å²) in [4.78, 5) is 16.8. The van der Waals surface area contributed by atoms with Crippen molar-refractivity contribution in [1.29, 1.82) is 0 Å². The molecule has 1 rings (SSSR count). The molecule has 1 N–H and O–H groups in total. The van der Waals surface area contributed by atoms with Crippen LogP contribution < -0.4 is 4.90 Å². The van der Waals surface area contributed by atoms with Crippen LogP contribution in [0.4, 0.5) is 5.82 Å². The van der Waals surface area contributed by atoms with E-state index >= 15 is 0 Å². The van der Waals surface area contributed by atoms with E-state index in [1.807, 2.05) is 11.0 Å². The van der Waals surface area contributed by atoms with E-state index in [0.29, 0.717) is 11.6 Å². The number of halogens is 1. The van der Waals surface area contributed by atoms with Crippen molar-refractivity contribution >= 4 is 23.4 Å². The highest BCUT2D eigenvalue weighted by Gasteiger charge is 2.09. The van der Waals surface area contributed by atoms with E-state index < -0.39 is 5.97 Å². The summed E-state index contributed by atoms with van der Waals surface area (Å²) in [7, 11) is 0. The summed E-state index contributed by atoms with van der Waals surface area (Å²) in [6.07, 6.45) is 3.78. The van der Waals surface area contributed by atoms with Gasteiger partial charge < -0.3 is 10.0 Å². The molecule has 0 saturated carbocycles. The zero-order valence-electron chi connectivity index (χ0n) is 9.90. The fraction of sp³-hybridized carbons (Fsp3) is 0.500. The average Bonchev–Trinajstić information content (AvgIpc) is 2.30. The fourth-order valence-electron chi connectivity index (χ4n) is 1.48. The molecule has 0 spiro atoms. The van der Waals surface area contributed by atoms with Gasteiger partial charge in [0.1, 0.15) is 5.82 Å². The molecule has 0 atom stereocenters. The van der Waals surface area contributed by atoms with Crippen molar-refractivity contribution in [3.05, 3.63) is 23.4 Å². The number of hydrogen-bond donors (Lipinski definition) is 1. The van der Waals surface area contributed by atoms with Crippen molar-refractivity contribution in [2.24, 2.45) is 0 Å². The maximum atomic E-state index is 10.6. The van der Waals surface area contributed by atoms with E-state index in [2.05, 4.69) is 11.9 Å². The summed E-state index contributed by atoms with van der Waals surface area (Å²) in [6, 6.07) is 3.59. The summed E-state index contributed by atoms with van der Waals surface area (Å²) in [5.41, 5.74) is 0. The lowest BCUT2D eigenvalue weighted by molar-refractivity contribution is -0.136. The van der Waals surface area contributed by atoms with Gasteiger partial charge in [-0.1, -0.05) is 24.9 Å². The number of carboxylic acid groups (broad SMARTS) is 1. The maximum Gasteiger partial charge on any atom is 0.305 e. The summed E-state index contributed by atoms with van der Waals surface area (Å²) in [5.74, 6) is -0.00966. The summed E-state index contributed by atoms with van der Waals surface area (Å²) in [5, 5.41) is 9.30. The van der Waals surface area contributed by atoms with E-state index in [1.165, 1.54) is 0 Å². The lowest BCUT2D eigenvalue weighted by atomic mass is 10.3. The summed E-state index contributed by atoms with van der Waals surface area (Å²) < 4.78 is 0. The minimum atomic E-state index is -0.791. The zero-order chi connectivity index (χ0) is 12.7. The van der Waals surface area contributed by atoms with Crippen LogP contribution in [0.5, 0.6) is 0 Å². The second-order valence-electron chi connectivity index (χ2n) is 3.82. The molecule has 0 amide bonds. The van der Waals surface area contributed by atoms with Gasteiger partial charge in [0.2, 0.25) is 0 Å². The molecule has 0 saturated heterocycles. The lowest BCUT2D eigenvalue weighted by Crippen LogP contribution is -2.28. The second-order valence-corrected chi connectivity index (χ2v) is 4.26. The number of unbranched alkanes of at least 4 members (excludes halogenated alkanes) is 1. The zero-order valence-corrected chi connectivity index (χ0v) is 10.7. The largest absolute Gasteiger partial charge is 0.481 e. The van der Waals surface area contributed by atoms with Gasteiger partial charge in [-0.25, -0.2) is 4.98 Å². The molecular weight excluding hydrogens is 240 g/mol. The minimum absolute atomic E-state index is 0.119. The molecule has 0 aromatic carbocycles. The molecule has 0 aliphatic heterocycles. The van der Waals surface area contributed by atoms with Crippen molar-refractivity contribution in [2.75, 3.05) is 18.0 Å². The van der Waals surface area contributed by atoms with Gasteiger partial charge in [-0.15, -0.1) is 0 Å². The molecule has 5 heteroatoms. The number of aromatic nitrogens is 1. The number of pyridine rings is 1. The first-order valence-electron chi connectivity index (χ1n) is 5.71. The van der Waals surface area contributed by atoms with Crippen molar-refractivity contribution in [3.8, 4) is 0 Å². The van der Waals surface area contributed by atoms with Crippen LogP contribution in [0.25, 0.3) is 0 Å². The Morgan fingerprint density at radius 2 is 2.24 bits per heavy atom. The normalized spacial score (nSPS) is 10.2. The van der Waals surface area contributed by atoms with Gasteiger partial charge in [-0.2, -0.15) is 0 Å². The Hall–Kier alpha value is -1.29. The third kappa shape index (κ3) is 5.04. The van der Waals surface area contributed by atoms with Gasteiger partial charge in [0, 0.05) is 19.3 Å². The SMILES string of the molecule is CCCCN(CCC(=O)O)c1ccc(Cl)cn1. The third-order valence-corrected chi connectivity index (χ3v) is 2.64. The van der Waals surface area contributed by atoms with Gasteiger partial charge in [-0.05, 0) is 18.6 Å². The number of carboxylic acids is 1.